The minimum absolute atomic E-state index is 0.804. The zero-order chi connectivity index (χ0) is 26.1. The van der Waals surface area contributed by atoms with Crippen LogP contribution in [0.4, 0.5) is 5.82 Å². The normalized spacial score (nSPS) is 14.6. The van der Waals surface area contributed by atoms with Gasteiger partial charge in [0.25, 0.3) is 0 Å². The number of H-pyrrole nitrogens is 2. The molecule has 1 fully saturated rings. The van der Waals surface area contributed by atoms with Gasteiger partial charge in [-0.3, -0.25) is 0 Å². The summed E-state index contributed by atoms with van der Waals surface area (Å²) in [6.07, 6.45) is 5.73. The van der Waals surface area contributed by atoms with Gasteiger partial charge < -0.3 is 24.5 Å². The van der Waals surface area contributed by atoms with Gasteiger partial charge in [-0.1, -0.05) is 6.07 Å². The monoisotopic (exact) mass is 508 g/mol. The van der Waals surface area contributed by atoms with Crippen LogP contribution >= 0.6 is 0 Å². The molecule has 3 aromatic heterocycles. The highest BCUT2D eigenvalue weighted by Gasteiger charge is 2.18. The Labute approximate surface area is 223 Å². The number of nitrogens with one attached hydrogen (secondary N) is 2. The fourth-order valence-corrected chi connectivity index (χ4v) is 5.51. The number of rotatable bonds is 8. The molecule has 4 heterocycles. The van der Waals surface area contributed by atoms with Crippen LogP contribution in [0.2, 0.25) is 0 Å². The Morgan fingerprint density at radius 3 is 2.61 bits per heavy atom. The van der Waals surface area contributed by atoms with E-state index in [2.05, 4.69) is 82.4 Å². The van der Waals surface area contributed by atoms with Crippen molar-refractivity contribution in [3.63, 3.8) is 0 Å². The van der Waals surface area contributed by atoms with E-state index in [1.165, 1.54) is 33.1 Å². The smallest absolute Gasteiger partial charge is 0.132 e. The number of nitrogens with zero attached hydrogens (tertiary/aromatic N) is 4. The number of aromatic nitrogens is 4. The van der Waals surface area contributed by atoms with Gasteiger partial charge in [0.1, 0.15) is 17.4 Å². The van der Waals surface area contributed by atoms with E-state index in [4.69, 9.17) is 14.7 Å². The number of aromatic amines is 2. The molecule has 1 aliphatic rings. The summed E-state index contributed by atoms with van der Waals surface area (Å²) < 4.78 is 5.44. The largest absolute Gasteiger partial charge is 0.497 e. The number of anilines is 1. The SMILES string of the molecule is COc1ccc2[nH]cc(CCCc3nc(Cc4ccc5[nH]c(C)cc5c4)cc(N4CCN(C)CC4)n3)c2c1. The van der Waals surface area contributed by atoms with E-state index in [0.717, 1.165) is 80.5 Å². The van der Waals surface area contributed by atoms with Crippen molar-refractivity contribution in [3.05, 3.63) is 83.1 Å². The maximum absolute atomic E-state index is 5.44. The molecule has 6 rings (SSSR count). The quantitative estimate of drug-likeness (QED) is 0.299. The van der Waals surface area contributed by atoms with Gasteiger partial charge in [0, 0.05) is 73.4 Å². The van der Waals surface area contributed by atoms with E-state index in [9.17, 15) is 0 Å². The van der Waals surface area contributed by atoms with E-state index in [-0.39, 0.29) is 0 Å². The van der Waals surface area contributed by atoms with Crippen molar-refractivity contribution in [1.29, 1.82) is 0 Å². The molecule has 0 amide bonds. The van der Waals surface area contributed by atoms with Crippen LogP contribution in [-0.2, 0) is 19.3 Å². The van der Waals surface area contributed by atoms with Crippen molar-refractivity contribution < 1.29 is 4.74 Å². The molecule has 1 aliphatic heterocycles. The Morgan fingerprint density at radius 1 is 0.921 bits per heavy atom. The average Bonchev–Trinajstić information content (AvgIpc) is 3.50. The molecule has 0 unspecified atom stereocenters. The van der Waals surface area contributed by atoms with E-state index in [1.807, 2.05) is 6.07 Å². The van der Waals surface area contributed by atoms with Crippen LogP contribution in [0.1, 0.15) is 34.8 Å². The van der Waals surface area contributed by atoms with Crippen molar-refractivity contribution >= 4 is 27.6 Å². The third-order valence-electron chi connectivity index (χ3n) is 7.67. The van der Waals surface area contributed by atoms with E-state index < -0.39 is 0 Å². The lowest BCUT2D eigenvalue weighted by atomic mass is 10.1. The maximum atomic E-state index is 5.44. The van der Waals surface area contributed by atoms with Gasteiger partial charge in [0.2, 0.25) is 0 Å². The van der Waals surface area contributed by atoms with Crippen LogP contribution in [-0.4, -0.2) is 65.2 Å². The maximum Gasteiger partial charge on any atom is 0.132 e. The number of piperazine rings is 1. The molecule has 2 aromatic carbocycles. The van der Waals surface area contributed by atoms with Crippen LogP contribution < -0.4 is 9.64 Å². The summed E-state index contributed by atoms with van der Waals surface area (Å²) in [4.78, 5) is 21.7. The Kier molecular flexibility index (Phi) is 6.77. The van der Waals surface area contributed by atoms with Gasteiger partial charge in [-0.2, -0.15) is 0 Å². The van der Waals surface area contributed by atoms with Crippen LogP contribution in [0, 0.1) is 6.92 Å². The molecular weight excluding hydrogens is 472 g/mol. The fraction of sp³-hybridized carbons (Fsp3) is 0.355. The molecule has 7 nitrogen and oxygen atoms in total. The third kappa shape index (κ3) is 5.24. The number of benzene rings is 2. The summed E-state index contributed by atoms with van der Waals surface area (Å²) in [5.41, 5.74) is 7.19. The Bertz CT molecular complexity index is 1560. The van der Waals surface area contributed by atoms with Crippen molar-refractivity contribution in [3.8, 4) is 5.75 Å². The second-order valence-corrected chi connectivity index (χ2v) is 10.6. The summed E-state index contributed by atoms with van der Waals surface area (Å²) >= 11 is 0. The summed E-state index contributed by atoms with van der Waals surface area (Å²) in [6, 6.07) is 17.3. The molecule has 1 saturated heterocycles. The second-order valence-electron chi connectivity index (χ2n) is 10.6. The molecule has 0 radical (unpaired) electrons. The van der Waals surface area contributed by atoms with Gasteiger partial charge in [-0.05, 0) is 79.7 Å². The van der Waals surface area contributed by atoms with Crippen molar-refractivity contribution in [2.75, 3.05) is 45.2 Å². The van der Waals surface area contributed by atoms with Crippen molar-refractivity contribution in [2.45, 2.75) is 32.6 Å². The molecule has 0 aliphatic carbocycles. The molecular formula is C31H36N6O. The Hall–Kier alpha value is -3.84. The molecule has 5 aromatic rings. The van der Waals surface area contributed by atoms with Crippen LogP contribution in [0.5, 0.6) is 5.75 Å². The Morgan fingerprint density at radius 2 is 1.76 bits per heavy atom. The minimum atomic E-state index is 0.804. The lowest BCUT2D eigenvalue weighted by Crippen LogP contribution is -2.45. The van der Waals surface area contributed by atoms with Crippen molar-refractivity contribution in [2.24, 2.45) is 0 Å². The van der Waals surface area contributed by atoms with Gasteiger partial charge in [-0.15, -0.1) is 0 Å². The zero-order valence-corrected chi connectivity index (χ0v) is 22.6. The first-order valence-electron chi connectivity index (χ1n) is 13.6. The molecule has 196 valence electrons. The molecule has 38 heavy (non-hydrogen) atoms. The lowest BCUT2D eigenvalue weighted by Gasteiger charge is -2.33. The van der Waals surface area contributed by atoms with Crippen LogP contribution in [0.25, 0.3) is 21.8 Å². The molecule has 7 heteroatoms. The highest BCUT2D eigenvalue weighted by molar-refractivity contribution is 5.84. The highest BCUT2D eigenvalue weighted by Crippen LogP contribution is 2.25. The minimum Gasteiger partial charge on any atom is -0.497 e. The number of methoxy groups -OCH3 is 1. The zero-order valence-electron chi connectivity index (χ0n) is 22.6. The molecule has 0 spiro atoms. The number of hydrogen-bond donors (Lipinski definition) is 2. The van der Waals surface area contributed by atoms with Gasteiger partial charge in [-0.25, -0.2) is 9.97 Å². The number of hydrogen-bond acceptors (Lipinski definition) is 5. The van der Waals surface area contributed by atoms with Gasteiger partial charge >= 0.3 is 0 Å². The predicted molar refractivity (Wildman–Crippen MR) is 154 cm³/mol. The Balaban J connectivity index is 1.23. The summed E-state index contributed by atoms with van der Waals surface area (Å²) in [5, 5.41) is 2.48. The number of fused-ring (bicyclic) bond motifs is 2. The average molecular weight is 509 g/mol. The predicted octanol–water partition coefficient (Wildman–Crippen LogP) is 5.27. The first-order chi connectivity index (χ1) is 18.5. The van der Waals surface area contributed by atoms with Crippen LogP contribution in [0.15, 0.2) is 54.7 Å². The fourth-order valence-electron chi connectivity index (χ4n) is 5.51. The molecule has 2 N–H and O–H groups in total. The first kappa shape index (κ1) is 24.5. The lowest BCUT2D eigenvalue weighted by molar-refractivity contribution is 0.312. The summed E-state index contributed by atoms with van der Waals surface area (Å²) in [5.74, 6) is 2.89. The first-order valence-corrected chi connectivity index (χ1v) is 13.6. The molecule has 0 atom stereocenters. The highest BCUT2D eigenvalue weighted by atomic mass is 16.5. The second kappa shape index (κ2) is 10.5. The van der Waals surface area contributed by atoms with E-state index in [0.29, 0.717) is 0 Å². The van der Waals surface area contributed by atoms with Crippen molar-refractivity contribution in [1.82, 2.24) is 24.8 Å². The third-order valence-corrected chi connectivity index (χ3v) is 7.67. The van der Waals surface area contributed by atoms with E-state index in [1.54, 1.807) is 7.11 Å². The number of ether oxygens (including phenoxy) is 1. The summed E-state index contributed by atoms with van der Waals surface area (Å²) in [7, 11) is 3.90. The molecule has 0 saturated carbocycles. The van der Waals surface area contributed by atoms with Crippen LogP contribution in [0.3, 0.4) is 0 Å². The van der Waals surface area contributed by atoms with E-state index >= 15 is 0 Å². The van der Waals surface area contributed by atoms with Gasteiger partial charge in [0.15, 0.2) is 0 Å². The topological polar surface area (TPSA) is 73.1 Å². The number of aryl methyl sites for hydroxylation is 3. The standard InChI is InChI=1S/C31H36N6O/c1-21-15-24-16-22(7-9-28(24)33-21)17-25-18-31(37-13-11-36(2)12-14-37)35-30(34-25)6-4-5-23-20-32-29-10-8-26(38-3)19-27(23)29/h7-10,15-16,18-20,32-33H,4-6,11-14,17H2,1-3H3. The summed E-state index contributed by atoms with van der Waals surface area (Å²) in [6.45, 7) is 6.21. The van der Waals surface area contributed by atoms with Gasteiger partial charge in [0.05, 0.1) is 12.8 Å². The number of likely N-dealkylation sites (N-methyl/N-ethyl adjacent to an activating group) is 1. The molecule has 0 bridgehead atoms.